The van der Waals surface area contributed by atoms with Crippen LogP contribution in [0.15, 0.2) is 48.5 Å². The number of amides is 6. The molecule has 46 heavy (non-hydrogen) atoms. The Kier molecular flexibility index (Phi) is 12.8. The summed E-state index contributed by atoms with van der Waals surface area (Å²) in [5.74, 6) is -3.45. The van der Waals surface area contributed by atoms with E-state index in [0.717, 1.165) is 32.1 Å². The molecule has 248 valence electrons. The first-order valence-electron chi connectivity index (χ1n) is 15.6. The van der Waals surface area contributed by atoms with Crippen LogP contribution in [0.25, 0.3) is 0 Å². The van der Waals surface area contributed by atoms with Crippen molar-refractivity contribution in [2.75, 3.05) is 13.1 Å². The number of piperazine rings is 1. The van der Waals surface area contributed by atoms with Crippen LogP contribution in [0.3, 0.4) is 0 Å². The van der Waals surface area contributed by atoms with Crippen LogP contribution in [0.2, 0.25) is 0 Å². The molecule has 1 aliphatic rings. The van der Waals surface area contributed by atoms with Gasteiger partial charge in [-0.3, -0.25) is 28.8 Å². The number of benzene rings is 2. The number of aryl methyl sites for hydroxylation is 2. The minimum absolute atomic E-state index is 0.200. The summed E-state index contributed by atoms with van der Waals surface area (Å²) in [6.45, 7) is 10.3. The van der Waals surface area contributed by atoms with Gasteiger partial charge in [-0.1, -0.05) is 59.7 Å². The highest BCUT2D eigenvalue weighted by atomic mass is 16.2. The van der Waals surface area contributed by atoms with Crippen molar-refractivity contribution in [2.24, 2.45) is 0 Å². The van der Waals surface area contributed by atoms with Crippen molar-refractivity contribution < 1.29 is 28.8 Å². The van der Waals surface area contributed by atoms with Gasteiger partial charge in [-0.2, -0.15) is 0 Å². The lowest BCUT2D eigenvalue weighted by Gasteiger charge is -2.44. The molecule has 1 aliphatic heterocycles. The number of nitrogens with one attached hydrogen (secondary N) is 4. The lowest BCUT2D eigenvalue weighted by Crippen LogP contribution is -2.68. The maximum atomic E-state index is 14.1. The van der Waals surface area contributed by atoms with Gasteiger partial charge in [-0.15, -0.1) is 0 Å². The van der Waals surface area contributed by atoms with Gasteiger partial charge in [-0.05, 0) is 52.7 Å². The first-order chi connectivity index (χ1) is 21.7. The Labute approximate surface area is 270 Å². The minimum Gasteiger partial charge on any atom is -0.352 e. The van der Waals surface area contributed by atoms with Crippen LogP contribution in [0.5, 0.6) is 0 Å². The molecule has 0 aliphatic carbocycles. The highest BCUT2D eigenvalue weighted by molar-refractivity contribution is 6.03. The highest BCUT2D eigenvalue weighted by Crippen LogP contribution is 2.23. The summed E-state index contributed by atoms with van der Waals surface area (Å²) < 4.78 is 0. The Balaban J connectivity index is 1.86. The number of rotatable bonds is 14. The largest absolute Gasteiger partial charge is 0.352 e. The average Bonchev–Trinajstić information content (AvgIpc) is 2.98. The molecule has 0 radical (unpaired) electrons. The summed E-state index contributed by atoms with van der Waals surface area (Å²) in [5.41, 5.74) is 3.83. The van der Waals surface area contributed by atoms with E-state index in [0.29, 0.717) is 0 Å². The molecule has 0 aromatic heterocycles. The summed E-state index contributed by atoms with van der Waals surface area (Å²) in [6, 6.07) is 12.0. The van der Waals surface area contributed by atoms with Crippen molar-refractivity contribution in [1.82, 2.24) is 31.1 Å². The van der Waals surface area contributed by atoms with Gasteiger partial charge < -0.3 is 31.1 Å². The van der Waals surface area contributed by atoms with Crippen LogP contribution in [-0.2, 0) is 41.9 Å². The van der Waals surface area contributed by atoms with Crippen molar-refractivity contribution in [2.45, 2.75) is 91.6 Å². The summed E-state index contributed by atoms with van der Waals surface area (Å²) in [5, 5.41) is 11.0. The number of nitrogens with zero attached hydrogens (tertiary/aromatic N) is 2. The van der Waals surface area contributed by atoms with Crippen molar-refractivity contribution in [3.63, 3.8) is 0 Å². The van der Waals surface area contributed by atoms with Gasteiger partial charge >= 0.3 is 0 Å². The molecule has 1 fully saturated rings. The molecule has 2 aromatic rings. The second-order valence-electron chi connectivity index (χ2n) is 12.3. The molecule has 1 saturated heterocycles. The van der Waals surface area contributed by atoms with Gasteiger partial charge in [0.15, 0.2) is 0 Å². The van der Waals surface area contributed by atoms with Gasteiger partial charge in [0.25, 0.3) is 0 Å². The molecular weight excluding hydrogens is 588 g/mol. The van der Waals surface area contributed by atoms with Crippen molar-refractivity contribution >= 4 is 35.4 Å². The topological polar surface area (TPSA) is 157 Å². The number of hydrogen-bond acceptors (Lipinski definition) is 6. The molecule has 3 rings (SSSR count). The zero-order chi connectivity index (χ0) is 34.0. The predicted octanol–water partition coefficient (Wildman–Crippen LogP) is 1.47. The van der Waals surface area contributed by atoms with E-state index in [1.165, 1.54) is 0 Å². The van der Waals surface area contributed by atoms with Crippen LogP contribution in [0, 0.1) is 13.8 Å². The molecule has 4 N–H and O–H groups in total. The molecular formula is C34H46N6O6. The molecule has 2 aromatic carbocycles. The normalized spacial score (nSPS) is 16.4. The van der Waals surface area contributed by atoms with Crippen LogP contribution < -0.4 is 21.3 Å². The third kappa shape index (κ3) is 10.7. The monoisotopic (exact) mass is 634 g/mol. The minimum atomic E-state index is -1.36. The van der Waals surface area contributed by atoms with Gasteiger partial charge in [0.05, 0.1) is 12.8 Å². The third-order valence-corrected chi connectivity index (χ3v) is 7.39. The molecule has 0 unspecified atom stereocenters. The van der Waals surface area contributed by atoms with E-state index >= 15 is 0 Å². The number of hydrogen-bond donors (Lipinski definition) is 4. The molecule has 2 atom stereocenters. The Morgan fingerprint density at radius 3 is 1.22 bits per heavy atom. The Bertz CT molecular complexity index is 1300. The Morgan fingerprint density at radius 2 is 0.913 bits per heavy atom. The Hall–Kier alpha value is -4.74. The molecule has 0 saturated carbocycles. The van der Waals surface area contributed by atoms with E-state index in [2.05, 4.69) is 21.3 Å². The van der Waals surface area contributed by atoms with E-state index in [9.17, 15) is 28.8 Å². The standard InChI is InChI=1S/C34H46N6O6/c1-21(2)37-31(43)19-39-27(15-29(41)35-17-25-11-7-23(5)8-12-25)34(46)40(20-32(44)38-22(3)4)28(33(39)45)16-30(42)36-18-26-13-9-24(6)10-14-26/h7-14,21-22,27-28H,15-20H2,1-6H3,(H,35,41)(H,36,42)(H,37,43)(H,38,44)/t27-,28-/m0/s1. The summed E-state index contributed by atoms with van der Waals surface area (Å²) in [4.78, 5) is 82.2. The molecule has 6 amide bonds. The van der Waals surface area contributed by atoms with Gasteiger partial charge in [0.2, 0.25) is 35.4 Å². The third-order valence-electron chi connectivity index (χ3n) is 7.39. The molecule has 0 spiro atoms. The Morgan fingerprint density at radius 1 is 0.587 bits per heavy atom. The molecule has 12 nitrogen and oxygen atoms in total. The van der Waals surface area contributed by atoms with Gasteiger partial charge in [0, 0.05) is 25.2 Å². The van der Waals surface area contributed by atoms with E-state index in [1.54, 1.807) is 27.7 Å². The number of carbonyl (C=O) groups is 6. The average molecular weight is 635 g/mol. The number of carbonyl (C=O) groups excluding carboxylic acids is 6. The molecule has 12 heteroatoms. The lowest BCUT2D eigenvalue weighted by molar-refractivity contribution is -0.166. The predicted molar refractivity (Wildman–Crippen MR) is 173 cm³/mol. The lowest BCUT2D eigenvalue weighted by atomic mass is 9.98. The van der Waals surface area contributed by atoms with E-state index in [-0.39, 0.29) is 25.2 Å². The first kappa shape index (κ1) is 35.7. The maximum absolute atomic E-state index is 14.1. The van der Waals surface area contributed by atoms with Crippen molar-refractivity contribution in [1.29, 1.82) is 0 Å². The van der Waals surface area contributed by atoms with Crippen LogP contribution >= 0.6 is 0 Å². The highest BCUT2D eigenvalue weighted by Gasteiger charge is 2.48. The molecule has 0 bridgehead atoms. The molecule has 1 heterocycles. The maximum Gasteiger partial charge on any atom is 0.247 e. The van der Waals surface area contributed by atoms with E-state index in [4.69, 9.17) is 0 Å². The van der Waals surface area contributed by atoms with Crippen LogP contribution in [-0.4, -0.2) is 82.5 Å². The fourth-order valence-electron chi connectivity index (χ4n) is 5.08. The second-order valence-corrected chi connectivity index (χ2v) is 12.3. The zero-order valence-corrected chi connectivity index (χ0v) is 27.5. The zero-order valence-electron chi connectivity index (χ0n) is 27.5. The smallest absolute Gasteiger partial charge is 0.247 e. The fourth-order valence-corrected chi connectivity index (χ4v) is 5.08. The summed E-state index contributed by atoms with van der Waals surface area (Å²) in [7, 11) is 0. The van der Waals surface area contributed by atoms with Crippen molar-refractivity contribution in [3.8, 4) is 0 Å². The summed E-state index contributed by atoms with van der Waals surface area (Å²) >= 11 is 0. The first-order valence-corrected chi connectivity index (χ1v) is 15.6. The quantitative estimate of drug-likeness (QED) is 0.247. The fraction of sp³-hybridized carbons (Fsp3) is 0.471. The van der Waals surface area contributed by atoms with Crippen LogP contribution in [0.1, 0.15) is 62.8 Å². The van der Waals surface area contributed by atoms with Crippen molar-refractivity contribution in [3.05, 3.63) is 70.8 Å². The summed E-state index contributed by atoms with van der Waals surface area (Å²) in [6.07, 6.45) is -0.861. The van der Waals surface area contributed by atoms with Gasteiger partial charge in [-0.25, -0.2) is 0 Å². The van der Waals surface area contributed by atoms with Crippen LogP contribution in [0.4, 0.5) is 0 Å². The second kappa shape index (κ2) is 16.5. The van der Waals surface area contributed by atoms with Gasteiger partial charge in [0.1, 0.15) is 25.2 Å². The van der Waals surface area contributed by atoms with E-state index < -0.39 is 73.5 Å². The SMILES string of the molecule is Cc1ccc(CNC(=O)C[C@H]2C(=O)N(CC(=O)NC(C)C)[C@@H](CC(=O)NCc3ccc(C)cc3)C(=O)N2CC(=O)NC(C)C)cc1. The van der Waals surface area contributed by atoms with E-state index in [1.807, 2.05) is 62.4 Å².